The van der Waals surface area contributed by atoms with E-state index in [1.807, 2.05) is 23.6 Å². The summed E-state index contributed by atoms with van der Waals surface area (Å²) in [4.78, 5) is 23.5. The van der Waals surface area contributed by atoms with Crippen molar-refractivity contribution in [1.82, 2.24) is 14.8 Å². The van der Waals surface area contributed by atoms with E-state index >= 15 is 0 Å². The Balaban J connectivity index is 1.93. The van der Waals surface area contributed by atoms with Crippen molar-refractivity contribution in [1.29, 1.82) is 0 Å². The zero-order valence-corrected chi connectivity index (χ0v) is 17.3. The van der Waals surface area contributed by atoms with E-state index in [-0.39, 0.29) is 5.75 Å². The zero-order chi connectivity index (χ0) is 20.0. The van der Waals surface area contributed by atoms with Gasteiger partial charge < -0.3 is 14.0 Å². The maximum absolute atomic E-state index is 11.9. The summed E-state index contributed by atoms with van der Waals surface area (Å²) in [5.74, 6) is -0.396. The van der Waals surface area contributed by atoms with Gasteiger partial charge in [0.15, 0.2) is 17.6 Å². The largest absolute Gasteiger partial charge is 0.457 e. The molecule has 0 aliphatic heterocycles. The van der Waals surface area contributed by atoms with E-state index in [1.54, 1.807) is 32.9 Å². The van der Waals surface area contributed by atoms with E-state index < -0.39 is 24.1 Å². The average Bonchev–Trinajstić information content (AvgIpc) is 3.00. The van der Waals surface area contributed by atoms with Crippen molar-refractivity contribution in [3.8, 4) is 11.4 Å². The first kappa shape index (κ1) is 21.2. The van der Waals surface area contributed by atoms with Gasteiger partial charge in [-0.05, 0) is 52.0 Å². The Hall–Kier alpha value is -2.06. The van der Waals surface area contributed by atoms with Crippen LogP contribution in [-0.4, -0.2) is 44.7 Å². The number of aromatic nitrogens is 3. The fraction of sp³-hybridized carbons (Fsp3) is 0.444. The molecule has 0 bridgehead atoms. The second-order valence-electron chi connectivity index (χ2n) is 6.59. The monoisotopic (exact) mass is 411 g/mol. The summed E-state index contributed by atoms with van der Waals surface area (Å²) in [6, 6.07) is 7.29. The Morgan fingerprint density at radius 1 is 1.15 bits per heavy atom. The highest BCUT2D eigenvalue weighted by molar-refractivity contribution is 7.99. The van der Waals surface area contributed by atoms with Crippen molar-refractivity contribution in [2.75, 3.05) is 12.4 Å². The Morgan fingerprint density at radius 3 is 2.41 bits per heavy atom. The molecule has 2 aromatic rings. The number of halogens is 1. The van der Waals surface area contributed by atoms with Gasteiger partial charge in [0.05, 0.1) is 5.75 Å². The molecule has 0 aliphatic carbocycles. The molecule has 0 unspecified atom stereocenters. The summed E-state index contributed by atoms with van der Waals surface area (Å²) in [6.45, 7) is 7.44. The fourth-order valence-electron chi connectivity index (χ4n) is 2.17. The van der Waals surface area contributed by atoms with Gasteiger partial charge in [-0.25, -0.2) is 4.79 Å². The van der Waals surface area contributed by atoms with E-state index in [0.29, 0.717) is 22.5 Å². The molecule has 7 nitrogen and oxygen atoms in total. The van der Waals surface area contributed by atoms with Gasteiger partial charge in [-0.2, -0.15) is 0 Å². The molecule has 0 N–H and O–H groups in total. The van der Waals surface area contributed by atoms with Crippen LogP contribution >= 0.6 is 23.4 Å². The van der Waals surface area contributed by atoms with Gasteiger partial charge in [0, 0.05) is 17.1 Å². The lowest BCUT2D eigenvalue weighted by molar-refractivity contribution is -0.165. The lowest BCUT2D eigenvalue weighted by atomic mass is 10.2. The summed E-state index contributed by atoms with van der Waals surface area (Å²) >= 11 is 7.12. The molecule has 1 aromatic carbocycles. The van der Waals surface area contributed by atoms with Gasteiger partial charge in [-0.1, -0.05) is 23.4 Å². The number of esters is 2. The van der Waals surface area contributed by atoms with Crippen LogP contribution in [0.1, 0.15) is 27.7 Å². The Bertz CT molecular complexity index is 800. The average molecular weight is 412 g/mol. The van der Waals surface area contributed by atoms with Crippen LogP contribution in [0.25, 0.3) is 11.4 Å². The number of hydrogen-bond acceptors (Lipinski definition) is 7. The number of hydrogen-bond donors (Lipinski definition) is 0. The van der Waals surface area contributed by atoms with Gasteiger partial charge in [0.2, 0.25) is 0 Å². The number of thioether (sulfide) groups is 1. The molecule has 0 radical (unpaired) electrons. The summed E-state index contributed by atoms with van der Waals surface area (Å²) in [6.07, 6.45) is 0. The second kappa shape index (κ2) is 9.23. The van der Waals surface area contributed by atoms with Crippen molar-refractivity contribution in [2.45, 2.75) is 45.0 Å². The highest BCUT2D eigenvalue weighted by atomic mass is 35.5. The second-order valence-corrected chi connectivity index (χ2v) is 7.97. The van der Waals surface area contributed by atoms with Crippen molar-refractivity contribution < 1.29 is 19.1 Å². The van der Waals surface area contributed by atoms with Crippen LogP contribution in [-0.2, 0) is 25.6 Å². The number of nitrogens with zero attached hydrogens (tertiary/aromatic N) is 3. The molecule has 0 amide bonds. The van der Waals surface area contributed by atoms with E-state index in [1.165, 1.54) is 11.8 Å². The van der Waals surface area contributed by atoms with Crippen LogP contribution in [0, 0.1) is 0 Å². The molecule has 2 rings (SSSR count). The smallest absolute Gasteiger partial charge is 0.344 e. The standard InChI is InChI=1S/C18H22ClN3O4S/c1-5-22-16(12-6-8-13(19)9-7-12)20-21-17(22)27-11-15(24)25-10-14(23)26-18(2,3)4/h6-9H,5,10-11H2,1-4H3. The highest BCUT2D eigenvalue weighted by Gasteiger charge is 2.19. The first-order valence-corrected chi connectivity index (χ1v) is 9.75. The third kappa shape index (κ3) is 6.55. The van der Waals surface area contributed by atoms with Crippen molar-refractivity contribution >= 4 is 35.3 Å². The van der Waals surface area contributed by atoms with Crippen LogP contribution in [0.5, 0.6) is 0 Å². The molecule has 1 aromatic heterocycles. The molecule has 1 heterocycles. The van der Waals surface area contributed by atoms with Gasteiger partial charge in [0.1, 0.15) is 5.60 Å². The van der Waals surface area contributed by atoms with E-state index in [2.05, 4.69) is 10.2 Å². The normalized spacial score (nSPS) is 11.3. The first-order chi connectivity index (χ1) is 12.7. The maximum atomic E-state index is 11.9. The molecular weight excluding hydrogens is 390 g/mol. The van der Waals surface area contributed by atoms with Crippen molar-refractivity contribution in [2.24, 2.45) is 0 Å². The van der Waals surface area contributed by atoms with Crippen LogP contribution in [0.3, 0.4) is 0 Å². The minimum absolute atomic E-state index is 0.0154. The molecule has 27 heavy (non-hydrogen) atoms. The van der Waals surface area contributed by atoms with Gasteiger partial charge in [-0.15, -0.1) is 10.2 Å². The predicted molar refractivity (Wildman–Crippen MR) is 104 cm³/mol. The summed E-state index contributed by atoms with van der Waals surface area (Å²) in [7, 11) is 0. The first-order valence-electron chi connectivity index (χ1n) is 8.39. The third-order valence-corrected chi connectivity index (χ3v) is 4.42. The number of rotatable bonds is 7. The summed E-state index contributed by atoms with van der Waals surface area (Å²) < 4.78 is 11.9. The fourth-order valence-corrected chi connectivity index (χ4v) is 3.09. The minimum Gasteiger partial charge on any atom is -0.457 e. The molecule has 0 aliphatic rings. The van der Waals surface area contributed by atoms with E-state index in [0.717, 1.165) is 5.56 Å². The molecule has 0 saturated carbocycles. The Labute approximate surface area is 167 Å². The van der Waals surface area contributed by atoms with Gasteiger partial charge in [-0.3, -0.25) is 4.79 Å². The lowest BCUT2D eigenvalue weighted by Crippen LogP contribution is -2.27. The quantitative estimate of drug-likeness (QED) is 0.508. The molecule has 146 valence electrons. The number of carbonyl (C=O) groups excluding carboxylic acids is 2. The maximum Gasteiger partial charge on any atom is 0.344 e. The summed E-state index contributed by atoms with van der Waals surface area (Å²) in [5, 5.41) is 9.58. The van der Waals surface area contributed by atoms with Gasteiger partial charge >= 0.3 is 11.9 Å². The Morgan fingerprint density at radius 2 is 1.81 bits per heavy atom. The zero-order valence-electron chi connectivity index (χ0n) is 15.7. The van der Waals surface area contributed by atoms with Crippen molar-refractivity contribution in [3.05, 3.63) is 29.3 Å². The molecule has 9 heteroatoms. The van der Waals surface area contributed by atoms with Crippen LogP contribution in [0.2, 0.25) is 5.02 Å². The molecule has 0 fully saturated rings. The predicted octanol–water partition coefficient (Wildman–Crippen LogP) is 3.60. The number of benzene rings is 1. The minimum atomic E-state index is -0.617. The molecule has 0 spiro atoms. The molecule has 0 atom stereocenters. The molecule has 0 saturated heterocycles. The van der Waals surface area contributed by atoms with Crippen molar-refractivity contribution in [3.63, 3.8) is 0 Å². The number of carbonyl (C=O) groups is 2. The van der Waals surface area contributed by atoms with Crippen LogP contribution < -0.4 is 0 Å². The molecular formula is C18H22ClN3O4S. The van der Waals surface area contributed by atoms with Gasteiger partial charge in [0.25, 0.3) is 0 Å². The SMILES string of the molecule is CCn1c(SCC(=O)OCC(=O)OC(C)(C)C)nnc1-c1ccc(Cl)cc1. The Kier molecular flexibility index (Phi) is 7.26. The summed E-state index contributed by atoms with van der Waals surface area (Å²) in [5.41, 5.74) is 0.265. The van der Waals surface area contributed by atoms with Crippen LogP contribution in [0.15, 0.2) is 29.4 Å². The highest BCUT2D eigenvalue weighted by Crippen LogP contribution is 2.25. The lowest BCUT2D eigenvalue weighted by Gasteiger charge is -2.19. The topological polar surface area (TPSA) is 83.3 Å². The van der Waals surface area contributed by atoms with E-state index in [4.69, 9.17) is 21.1 Å². The van der Waals surface area contributed by atoms with E-state index in [9.17, 15) is 9.59 Å². The number of ether oxygens (including phenoxy) is 2. The third-order valence-electron chi connectivity index (χ3n) is 3.23. The van der Waals surface area contributed by atoms with Crippen LogP contribution in [0.4, 0.5) is 0 Å².